The van der Waals surface area contributed by atoms with Crippen LogP contribution in [0.15, 0.2) is 30.3 Å². The van der Waals surface area contributed by atoms with Gasteiger partial charge in [0.05, 0.1) is 19.3 Å². The summed E-state index contributed by atoms with van der Waals surface area (Å²) in [4.78, 5) is 2.09. The van der Waals surface area contributed by atoms with Gasteiger partial charge in [-0.25, -0.2) is 0 Å². The maximum absolute atomic E-state index is 8.95. The van der Waals surface area contributed by atoms with Crippen LogP contribution in [0.1, 0.15) is 0 Å². The molecule has 72 valence electrons. The van der Waals surface area contributed by atoms with E-state index in [-0.39, 0.29) is 6.04 Å². The minimum atomic E-state index is -0.147. The van der Waals surface area contributed by atoms with Gasteiger partial charge in [-0.3, -0.25) is 0 Å². The van der Waals surface area contributed by atoms with Crippen LogP contribution in [0.3, 0.4) is 0 Å². The first-order valence-corrected chi connectivity index (χ1v) is 4.71. The molecule has 1 saturated heterocycles. The van der Waals surface area contributed by atoms with E-state index >= 15 is 0 Å². The predicted octanol–water partition coefficient (Wildman–Crippen LogP) is 1.42. The molecule has 1 fully saturated rings. The summed E-state index contributed by atoms with van der Waals surface area (Å²) in [6, 6.07) is 12.1. The Morgan fingerprint density at radius 1 is 1.36 bits per heavy atom. The van der Waals surface area contributed by atoms with Crippen molar-refractivity contribution in [3.8, 4) is 6.07 Å². The number of benzene rings is 1. The number of para-hydroxylation sites is 1. The average molecular weight is 188 g/mol. The molecule has 0 amide bonds. The molecular weight excluding hydrogens is 176 g/mol. The van der Waals surface area contributed by atoms with Crippen LogP contribution in [0.4, 0.5) is 5.69 Å². The molecule has 0 N–H and O–H groups in total. The van der Waals surface area contributed by atoms with E-state index in [1.165, 1.54) is 0 Å². The Bertz CT molecular complexity index is 331. The number of hydrogen-bond acceptors (Lipinski definition) is 3. The van der Waals surface area contributed by atoms with E-state index in [0.717, 1.165) is 12.2 Å². The minimum absolute atomic E-state index is 0.147. The molecule has 1 atom stereocenters. The number of hydrogen-bond donors (Lipinski definition) is 0. The van der Waals surface area contributed by atoms with Crippen LogP contribution in [0.2, 0.25) is 0 Å². The maximum atomic E-state index is 8.95. The fraction of sp³-hybridized carbons (Fsp3) is 0.364. The molecule has 1 aromatic rings. The van der Waals surface area contributed by atoms with Crippen molar-refractivity contribution >= 4 is 5.69 Å². The fourth-order valence-corrected chi connectivity index (χ4v) is 1.64. The quantitative estimate of drug-likeness (QED) is 0.668. The summed E-state index contributed by atoms with van der Waals surface area (Å²) in [5.74, 6) is 0. The Morgan fingerprint density at radius 2 is 2.14 bits per heavy atom. The van der Waals surface area contributed by atoms with E-state index < -0.39 is 0 Å². The average Bonchev–Trinajstić information content (AvgIpc) is 2.30. The number of morpholine rings is 1. The van der Waals surface area contributed by atoms with Gasteiger partial charge in [0, 0.05) is 12.2 Å². The van der Waals surface area contributed by atoms with Crippen molar-refractivity contribution < 1.29 is 4.74 Å². The molecule has 1 aliphatic rings. The Morgan fingerprint density at radius 3 is 2.86 bits per heavy atom. The van der Waals surface area contributed by atoms with Crippen molar-refractivity contribution in [2.24, 2.45) is 0 Å². The molecule has 0 aliphatic carbocycles. The lowest BCUT2D eigenvalue weighted by Gasteiger charge is -2.33. The molecule has 0 radical (unpaired) electrons. The Labute approximate surface area is 83.5 Å². The van der Waals surface area contributed by atoms with Gasteiger partial charge in [-0.15, -0.1) is 0 Å². The zero-order valence-corrected chi connectivity index (χ0v) is 7.89. The van der Waals surface area contributed by atoms with E-state index in [2.05, 4.69) is 11.0 Å². The first-order valence-electron chi connectivity index (χ1n) is 4.71. The number of anilines is 1. The van der Waals surface area contributed by atoms with E-state index in [1.807, 2.05) is 30.3 Å². The molecule has 0 bridgehead atoms. The van der Waals surface area contributed by atoms with Crippen molar-refractivity contribution in [2.75, 3.05) is 24.7 Å². The zero-order valence-electron chi connectivity index (χ0n) is 7.89. The lowest BCUT2D eigenvalue weighted by Crippen LogP contribution is -2.44. The van der Waals surface area contributed by atoms with Gasteiger partial charge in [0.1, 0.15) is 6.04 Å². The zero-order chi connectivity index (χ0) is 9.80. The van der Waals surface area contributed by atoms with Crippen LogP contribution in [0.25, 0.3) is 0 Å². The highest BCUT2D eigenvalue weighted by atomic mass is 16.5. The third-order valence-electron chi connectivity index (χ3n) is 2.37. The summed E-state index contributed by atoms with van der Waals surface area (Å²) in [5, 5.41) is 8.95. The molecule has 2 rings (SSSR count). The molecule has 0 spiro atoms. The van der Waals surface area contributed by atoms with Crippen LogP contribution < -0.4 is 4.90 Å². The van der Waals surface area contributed by atoms with Gasteiger partial charge < -0.3 is 9.64 Å². The summed E-state index contributed by atoms with van der Waals surface area (Å²) in [7, 11) is 0. The fourth-order valence-electron chi connectivity index (χ4n) is 1.64. The smallest absolute Gasteiger partial charge is 0.140 e. The third-order valence-corrected chi connectivity index (χ3v) is 2.37. The lowest BCUT2D eigenvalue weighted by atomic mass is 10.2. The van der Waals surface area contributed by atoms with Gasteiger partial charge in [-0.1, -0.05) is 18.2 Å². The number of ether oxygens (including phenoxy) is 1. The second-order valence-electron chi connectivity index (χ2n) is 3.25. The summed E-state index contributed by atoms with van der Waals surface area (Å²) < 4.78 is 5.26. The molecule has 14 heavy (non-hydrogen) atoms. The summed E-state index contributed by atoms with van der Waals surface area (Å²) in [6.45, 7) is 2.00. The highest BCUT2D eigenvalue weighted by Gasteiger charge is 2.22. The number of rotatable bonds is 1. The monoisotopic (exact) mass is 188 g/mol. The Balaban J connectivity index is 2.20. The van der Waals surface area contributed by atoms with Crippen LogP contribution in [-0.4, -0.2) is 25.8 Å². The van der Waals surface area contributed by atoms with Gasteiger partial charge in [0.25, 0.3) is 0 Å². The van der Waals surface area contributed by atoms with Crippen molar-refractivity contribution in [1.29, 1.82) is 5.26 Å². The molecule has 1 aliphatic heterocycles. The molecule has 1 heterocycles. The molecule has 0 unspecified atom stereocenters. The van der Waals surface area contributed by atoms with Crippen molar-refractivity contribution in [1.82, 2.24) is 0 Å². The van der Waals surface area contributed by atoms with Gasteiger partial charge in [-0.2, -0.15) is 5.26 Å². The van der Waals surface area contributed by atoms with Gasteiger partial charge in [0.2, 0.25) is 0 Å². The normalized spacial score (nSPS) is 21.6. The number of nitriles is 1. The van der Waals surface area contributed by atoms with Crippen molar-refractivity contribution in [2.45, 2.75) is 6.04 Å². The van der Waals surface area contributed by atoms with Crippen LogP contribution in [0, 0.1) is 11.3 Å². The first kappa shape index (κ1) is 9.04. The molecular formula is C11H12N2O. The van der Waals surface area contributed by atoms with Gasteiger partial charge in [0.15, 0.2) is 0 Å². The number of nitrogens with zero attached hydrogens (tertiary/aromatic N) is 2. The van der Waals surface area contributed by atoms with Crippen molar-refractivity contribution in [3.63, 3.8) is 0 Å². The van der Waals surface area contributed by atoms with E-state index in [1.54, 1.807) is 0 Å². The summed E-state index contributed by atoms with van der Waals surface area (Å²) in [5.41, 5.74) is 1.10. The summed E-state index contributed by atoms with van der Waals surface area (Å²) in [6.07, 6.45) is 0. The molecule has 0 saturated carbocycles. The molecule has 3 nitrogen and oxygen atoms in total. The third kappa shape index (κ3) is 1.70. The van der Waals surface area contributed by atoms with Crippen LogP contribution in [0.5, 0.6) is 0 Å². The van der Waals surface area contributed by atoms with Crippen LogP contribution >= 0.6 is 0 Å². The maximum Gasteiger partial charge on any atom is 0.140 e. The predicted molar refractivity (Wildman–Crippen MR) is 54.0 cm³/mol. The molecule has 3 heteroatoms. The topological polar surface area (TPSA) is 36.3 Å². The largest absolute Gasteiger partial charge is 0.376 e. The second kappa shape index (κ2) is 4.12. The first-order chi connectivity index (χ1) is 6.92. The van der Waals surface area contributed by atoms with Gasteiger partial charge >= 0.3 is 0 Å². The lowest BCUT2D eigenvalue weighted by molar-refractivity contribution is 0.107. The van der Waals surface area contributed by atoms with Gasteiger partial charge in [-0.05, 0) is 12.1 Å². The summed E-state index contributed by atoms with van der Waals surface area (Å²) >= 11 is 0. The standard InChI is InChI=1S/C11H12N2O/c12-8-11-9-14-7-6-13(11)10-4-2-1-3-5-10/h1-5,11H,6-7,9H2/t11-/m1/s1. The van der Waals surface area contributed by atoms with Crippen LogP contribution in [-0.2, 0) is 4.74 Å². The van der Waals surface area contributed by atoms with E-state index in [4.69, 9.17) is 10.00 Å². The Kier molecular flexibility index (Phi) is 2.66. The SMILES string of the molecule is N#C[C@@H]1COCCN1c1ccccc1. The Hall–Kier alpha value is -1.53. The molecule has 1 aromatic carbocycles. The molecule has 0 aromatic heterocycles. The van der Waals surface area contributed by atoms with E-state index in [9.17, 15) is 0 Å². The second-order valence-corrected chi connectivity index (χ2v) is 3.25. The minimum Gasteiger partial charge on any atom is -0.376 e. The highest BCUT2D eigenvalue weighted by molar-refractivity contribution is 5.48. The van der Waals surface area contributed by atoms with Crippen molar-refractivity contribution in [3.05, 3.63) is 30.3 Å². The highest BCUT2D eigenvalue weighted by Crippen LogP contribution is 2.18. The van der Waals surface area contributed by atoms with E-state index in [0.29, 0.717) is 13.2 Å².